The highest BCUT2D eigenvalue weighted by molar-refractivity contribution is 14.1. The molecule has 0 saturated carbocycles. The second-order valence-electron chi connectivity index (χ2n) is 3.58. The van der Waals surface area contributed by atoms with Gasteiger partial charge in [0.25, 0.3) is 0 Å². The number of alkyl halides is 1. The lowest BCUT2D eigenvalue weighted by molar-refractivity contribution is 0.0212. The summed E-state index contributed by atoms with van der Waals surface area (Å²) in [5, 5.41) is 8.37. The highest BCUT2D eigenvalue weighted by Crippen LogP contribution is 2.17. The lowest BCUT2D eigenvalue weighted by Crippen LogP contribution is -2.23. The molecule has 0 rings (SSSR count). The zero-order chi connectivity index (χ0) is 10.3. The highest BCUT2D eigenvalue weighted by atomic mass is 127. The van der Waals surface area contributed by atoms with Gasteiger partial charge >= 0.3 is 0 Å². The third kappa shape index (κ3) is 7.27. The van der Waals surface area contributed by atoms with Gasteiger partial charge in [-0.1, -0.05) is 43.4 Å². The largest absolute Gasteiger partial charge is 0.377 e. The van der Waals surface area contributed by atoms with Crippen LogP contribution in [0.2, 0.25) is 0 Å². The molecule has 0 amide bonds. The third-order valence-corrected chi connectivity index (χ3v) is 2.35. The summed E-state index contributed by atoms with van der Waals surface area (Å²) in [7, 11) is 0. The molecular formula is C10H18INO. The highest BCUT2D eigenvalue weighted by Gasteiger charge is 2.15. The van der Waals surface area contributed by atoms with Crippen LogP contribution in [0.1, 0.15) is 33.6 Å². The van der Waals surface area contributed by atoms with E-state index in [4.69, 9.17) is 10.00 Å². The fourth-order valence-corrected chi connectivity index (χ4v) is 1.61. The SMILES string of the molecule is CC(I)CC(OCCC#N)C(C)C. The molecule has 0 spiro atoms. The van der Waals surface area contributed by atoms with Crippen molar-refractivity contribution in [3.05, 3.63) is 0 Å². The molecule has 0 bridgehead atoms. The minimum atomic E-state index is 0.306. The van der Waals surface area contributed by atoms with Crippen LogP contribution in [0.25, 0.3) is 0 Å². The van der Waals surface area contributed by atoms with Crippen LogP contribution in [0.3, 0.4) is 0 Å². The Labute approximate surface area is 94.8 Å². The van der Waals surface area contributed by atoms with Gasteiger partial charge in [-0.05, 0) is 12.3 Å². The number of rotatable bonds is 6. The van der Waals surface area contributed by atoms with Crippen molar-refractivity contribution in [1.29, 1.82) is 5.26 Å². The Hall–Kier alpha value is 0.180. The standard InChI is InChI=1S/C10H18INO/c1-8(2)10(7-9(3)11)13-6-4-5-12/h8-10H,4,6-7H2,1-3H3. The number of halogens is 1. The molecule has 2 atom stereocenters. The first-order valence-electron chi connectivity index (χ1n) is 4.70. The Bertz CT molecular complexity index is 163. The summed E-state index contributed by atoms with van der Waals surface area (Å²) >= 11 is 2.41. The molecule has 2 unspecified atom stereocenters. The number of nitrogens with zero attached hydrogens (tertiary/aromatic N) is 1. The van der Waals surface area contributed by atoms with E-state index in [2.05, 4.69) is 49.4 Å². The van der Waals surface area contributed by atoms with Gasteiger partial charge in [-0.25, -0.2) is 0 Å². The number of hydrogen-bond acceptors (Lipinski definition) is 2. The van der Waals surface area contributed by atoms with E-state index < -0.39 is 0 Å². The molecule has 2 nitrogen and oxygen atoms in total. The number of nitriles is 1. The smallest absolute Gasteiger partial charge is 0.0645 e. The molecule has 0 aromatic heterocycles. The van der Waals surface area contributed by atoms with Gasteiger partial charge in [0.1, 0.15) is 0 Å². The van der Waals surface area contributed by atoms with Crippen molar-refractivity contribution in [3.63, 3.8) is 0 Å². The molecule has 0 aliphatic rings. The summed E-state index contributed by atoms with van der Waals surface area (Å²) in [6.45, 7) is 7.08. The summed E-state index contributed by atoms with van der Waals surface area (Å²) in [4.78, 5) is 0. The van der Waals surface area contributed by atoms with Crippen LogP contribution in [0, 0.1) is 17.2 Å². The Kier molecular flexibility index (Phi) is 7.68. The van der Waals surface area contributed by atoms with Crippen molar-refractivity contribution in [2.45, 2.75) is 43.6 Å². The van der Waals surface area contributed by atoms with Gasteiger partial charge in [0.15, 0.2) is 0 Å². The zero-order valence-electron chi connectivity index (χ0n) is 8.59. The predicted molar refractivity (Wildman–Crippen MR) is 62.9 cm³/mol. The molecule has 0 aromatic rings. The first kappa shape index (κ1) is 13.2. The molecule has 0 aliphatic heterocycles. The molecule has 0 aromatic carbocycles. The summed E-state index contributed by atoms with van der Waals surface area (Å²) in [5.41, 5.74) is 0. The minimum Gasteiger partial charge on any atom is -0.377 e. The predicted octanol–water partition coefficient (Wildman–Crippen LogP) is 3.15. The molecule has 0 N–H and O–H groups in total. The van der Waals surface area contributed by atoms with E-state index in [1.807, 2.05) is 0 Å². The lowest BCUT2D eigenvalue weighted by atomic mass is 10.0. The van der Waals surface area contributed by atoms with E-state index in [0.29, 0.717) is 29.0 Å². The fraction of sp³-hybridized carbons (Fsp3) is 0.900. The molecule has 0 heterocycles. The second-order valence-corrected chi connectivity index (χ2v) is 5.70. The molecule has 0 aliphatic carbocycles. The first-order chi connectivity index (χ1) is 6.07. The number of ether oxygens (including phenoxy) is 1. The first-order valence-corrected chi connectivity index (χ1v) is 5.95. The van der Waals surface area contributed by atoms with Gasteiger partial charge in [-0.15, -0.1) is 0 Å². The summed E-state index contributed by atoms with van der Waals surface area (Å²) < 4.78 is 6.26. The summed E-state index contributed by atoms with van der Waals surface area (Å²) in [5.74, 6) is 0.538. The molecule has 0 radical (unpaired) electrons. The van der Waals surface area contributed by atoms with Crippen molar-refractivity contribution in [2.24, 2.45) is 5.92 Å². The lowest BCUT2D eigenvalue weighted by Gasteiger charge is -2.22. The van der Waals surface area contributed by atoms with Gasteiger partial charge in [0, 0.05) is 3.92 Å². The van der Waals surface area contributed by atoms with E-state index in [1.165, 1.54) is 0 Å². The molecule has 0 fully saturated rings. The Morgan fingerprint density at radius 1 is 1.38 bits per heavy atom. The van der Waals surface area contributed by atoms with Crippen molar-refractivity contribution in [2.75, 3.05) is 6.61 Å². The maximum atomic E-state index is 8.37. The maximum absolute atomic E-state index is 8.37. The Morgan fingerprint density at radius 3 is 2.38 bits per heavy atom. The molecular weight excluding hydrogens is 277 g/mol. The van der Waals surface area contributed by atoms with E-state index in [1.54, 1.807) is 0 Å². The van der Waals surface area contributed by atoms with E-state index >= 15 is 0 Å². The third-order valence-electron chi connectivity index (χ3n) is 1.85. The van der Waals surface area contributed by atoms with Crippen LogP contribution >= 0.6 is 22.6 Å². The minimum absolute atomic E-state index is 0.306. The monoisotopic (exact) mass is 295 g/mol. The van der Waals surface area contributed by atoms with Crippen molar-refractivity contribution in [1.82, 2.24) is 0 Å². The van der Waals surface area contributed by atoms with Crippen LogP contribution in [-0.4, -0.2) is 16.6 Å². The topological polar surface area (TPSA) is 33.0 Å². The van der Waals surface area contributed by atoms with Gasteiger partial charge in [-0.2, -0.15) is 5.26 Å². The summed E-state index contributed by atoms with van der Waals surface area (Å²) in [6.07, 6.45) is 1.88. The molecule has 13 heavy (non-hydrogen) atoms. The van der Waals surface area contributed by atoms with E-state index in [0.717, 1.165) is 6.42 Å². The van der Waals surface area contributed by atoms with Gasteiger partial charge in [0.05, 0.1) is 25.2 Å². The fourth-order valence-electron chi connectivity index (χ4n) is 1.11. The average Bonchev–Trinajstić information content (AvgIpc) is 2.02. The number of hydrogen-bond donors (Lipinski definition) is 0. The summed E-state index contributed by atoms with van der Waals surface area (Å²) in [6, 6.07) is 2.09. The van der Waals surface area contributed by atoms with Crippen LogP contribution in [-0.2, 0) is 4.74 Å². The van der Waals surface area contributed by atoms with Gasteiger partial charge in [0.2, 0.25) is 0 Å². The Morgan fingerprint density at radius 2 is 2.00 bits per heavy atom. The van der Waals surface area contributed by atoms with Gasteiger partial charge in [-0.3, -0.25) is 0 Å². The van der Waals surface area contributed by atoms with Gasteiger partial charge < -0.3 is 4.74 Å². The van der Waals surface area contributed by atoms with E-state index in [-0.39, 0.29) is 0 Å². The molecule has 3 heteroatoms. The van der Waals surface area contributed by atoms with E-state index in [9.17, 15) is 0 Å². The van der Waals surface area contributed by atoms with Crippen molar-refractivity contribution in [3.8, 4) is 6.07 Å². The molecule has 76 valence electrons. The van der Waals surface area contributed by atoms with Crippen LogP contribution in [0.15, 0.2) is 0 Å². The normalized spacial score (nSPS) is 15.4. The second kappa shape index (κ2) is 7.57. The quantitative estimate of drug-likeness (QED) is 0.428. The average molecular weight is 295 g/mol. The van der Waals surface area contributed by atoms with Crippen molar-refractivity contribution >= 4 is 22.6 Å². The van der Waals surface area contributed by atoms with Crippen LogP contribution in [0.5, 0.6) is 0 Å². The van der Waals surface area contributed by atoms with Crippen LogP contribution in [0.4, 0.5) is 0 Å². The Balaban J connectivity index is 3.75. The van der Waals surface area contributed by atoms with Crippen LogP contribution < -0.4 is 0 Å². The molecule has 0 saturated heterocycles. The zero-order valence-corrected chi connectivity index (χ0v) is 10.7. The maximum Gasteiger partial charge on any atom is 0.0645 e. The van der Waals surface area contributed by atoms with Crippen molar-refractivity contribution < 1.29 is 4.74 Å².